The van der Waals surface area contributed by atoms with Crippen molar-refractivity contribution in [3.8, 4) is 6.07 Å². The molecule has 0 spiro atoms. The van der Waals surface area contributed by atoms with Crippen molar-refractivity contribution in [2.24, 2.45) is 16.7 Å². The summed E-state index contributed by atoms with van der Waals surface area (Å²) in [7, 11) is 0. The SMILES string of the molecule is CC(C)(C)C(C=O)C(C#N)(Cc1ccccc1)Cc1ccccc1. The predicted molar refractivity (Wildman–Crippen MR) is 97.3 cm³/mol. The van der Waals surface area contributed by atoms with Crippen LogP contribution in [0.3, 0.4) is 0 Å². The van der Waals surface area contributed by atoms with Gasteiger partial charge in [-0.15, -0.1) is 0 Å². The molecule has 1 atom stereocenters. The minimum atomic E-state index is -0.761. The van der Waals surface area contributed by atoms with E-state index in [1.54, 1.807) is 0 Å². The Labute approximate surface area is 145 Å². The molecule has 0 amide bonds. The smallest absolute Gasteiger partial charge is 0.125 e. The molecule has 0 saturated heterocycles. The molecule has 0 aliphatic heterocycles. The molecule has 0 fully saturated rings. The van der Waals surface area contributed by atoms with Crippen LogP contribution in [0.5, 0.6) is 0 Å². The molecule has 0 bridgehead atoms. The zero-order valence-electron chi connectivity index (χ0n) is 14.7. The molecule has 0 radical (unpaired) electrons. The molecule has 2 heteroatoms. The van der Waals surface area contributed by atoms with E-state index in [2.05, 4.69) is 6.07 Å². The first-order valence-corrected chi connectivity index (χ1v) is 8.36. The second-order valence-electron chi connectivity index (χ2n) is 7.57. The molecule has 124 valence electrons. The van der Waals surface area contributed by atoms with E-state index < -0.39 is 5.41 Å². The first-order chi connectivity index (χ1) is 11.4. The van der Waals surface area contributed by atoms with Gasteiger partial charge in [-0.2, -0.15) is 5.26 Å². The lowest BCUT2D eigenvalue weighted by atomic mass is 9.60. The number of hydrogen-bond donors (Lipinski definition) is 0. The van der Waals surface area contributed by atoms with Gasteiger partial charge in [0.15, 0.2) is 0 Å². The molecule has 0 aromatic heterocycles. The molecule has 0 N–H and O–H groups in total. The second kappa shape index (κ2) is 7.45. The number of hydrogen-bond acceptors (Lipinski definition) is 2. The van der Waals surface area contributed by atoms with Crippen molar-refractivity contribution in [2.75, 3.05) is 0 Å². The molecule has 2 aromatic rings. The predicted octanol–water partition coefficient (Wildman–Crippen LogP) is 4.84. The van der Waals surface area contributed by atoms with Crippen LogP contribution in [0.25, 0.3) is 0 Å². The summed E-state index contributed by atoms with van der Waals surface area (Å²) in [6, 6.07) is 22.5. The maximum Gasteiger partial charge on any atom is 0.125 e. The van der Waals surface area contributed by atoms with Gasteiger partial charge in [0.05, 0.1) is 11.5 Å². The second-order valence-corrected chi connectivity index (χ2v) is 7.57. The lowest BCUT2D eigenvalue weighted by Gasteiger charge is -2.40. The summed E-state index contributed by atoms with van der Waals surface area (Å²) >= 11 is 0. The van der Waals surface area contributed by atoms with E-state index >= 15 is 0 Å². The van der Waals surface area contributed by atoms with Crippen LogP contribution >= 0.6 is 0 Å². The van der Waals surface area contributed by atoms with Gasteiger partial charge in [-0.05, 0) is 29.4 Å². The summed E-state index contributed by atoms with van der Waals surface area (Å²) in [4.78, 5) is 12.0. The van der Waals surface area contributed by atoms with Crippen LogP contribution in [0.4, 0.5) is 0 Å². The van der Waals surface area contributed by atoms with Crippen LogP contribution in [-0.2, 0) is 17.6 Å². The molecule has 1 unspecified atom stereocenters. The highest BCUT2D eigenvalue weighted by Gasteiger charge is 2.45. The van der Waals surface area contributed by atoms with Crippen LogP contribution in [0.15, 0.2) is 60.7 Å². The Morgan fingerprint density at radius 3 is 1.62 bits per heavy atom. The summed E-state index contributed by atoms with van der Waals surface area (Å²) in [6.07, 6.45) is 2.12. The van der Waals surface area contributed by atoms with Crippen molar-refractivity contribution in [3.05, 3.63) is 71.8 Å². The van der Waals surface area contributed by atoms with Crippen molar-refractivity contribution in [3.63, 3.8) is 0 Å². The van der Waals surface area contributed by atoms with E-state index in [0.717, 1.165) is 17.4 Å². The summed E-state index contributed by atoms with van der Waals surface area (Å²) in [5.41, 5.74) is 1.14. The Balaban J connectivity index is 2.49. The van der Waals surface area contributed by atoms with E-state index in [4.69, 9.17) is 0 Å². The lowest BCUT2D eigenvalue weighted by Crippen LogP contribution is -2.42. The fourth-order valence-electron chi connectivity index (χ4n) is 3.51. The molecule has 0 aliphatic rings. The maximum atomic E-state index is 12.0. The van der Waals surface area contributed by atoms with Gasteiger partial charge in [0.25, 0.3) is 0 Å². The van der Waals surface area contributed by atoms with E-state index in [9.17, 15) is 10.1 Å². The van der Waals surface area contributed by atoms with Crippen molar-refractivity contribution >= 4 is 6.29 Å². The number of carbonyl (C=O) groups is 1. The number of benzene rings is 2. The highest BCUT2D eigenvalue weighted by atomic mass is 16.1. The summed E-state index contributed by atoms with van der Waals surface area (Å²) in [5.74, 6) is -0.351. The molecule has 0 heterocycles. The first-order valence-electron chi connectivity index (χ1n) is 8.36. The quantitative estimate of drug-likeness (QED) is 0.715. The van der Waals surface area contributed by atoms with Crippen LogP contribution in [-0.4, -0.2) is 6.29 Å². The van der Waals surface area contributed by atoms with Crippen molar-refractivity contribution < 1.29 is 4.79 Å². The highest BCUT2D eigenvalue weighted by molar-refractivity contribution is 5.58. The van der Waals surface area contributed by atoms with E-state index in [0.29, 0.717) is 12.8 Å². The van der Waals surface area contributed by atoms with Crippen LogP contribution in [0.1, 0.15) is 31.9 Å². The number of carbonyl (C=O) groups excluding carboxylic acids is 1. The average Bonchev–Trinajstić information content (AvgIpc) is 2.56. The molecule has 24 heavy (non-hydrogen) atoms. The fraction of sp³-hybridized carbons (Fsp3) is 0.364. The van der Waals surface area contributed by atoms with Crippen molar-refractivity contribution in [2.45, 2.75) is 33.6 Å². The zero-order valence-corrected chi connectivity index (χ0v) is 14.7. The number of aldehydes is 1. The Hall–Kier alpha value is -2.40. The monoisotopic (exact) mass is 319 g/mol. The maximum absolute atomic E-state index is 12.0. The normalized spacial score (nSPS) is 13.1. The molecular formula is C22H25NO. The molecule has 2 nitrogen and oxygen atoms in total. The zero-order chi connectivity index (χ0) is 17.6. The molecule has 2 rings (SSSR count). The standard InChI is InChI=1S/C22H25NO/c1-21(2,3)20(16-24)22(17-23,14-18-10-6-4-7-11-18)15-19-12-8-5-9-13-19/h4-13,16,20H,14-15H2,1-3H3. The first kappa shape index (κ1) is 17.9. The van der Waals surface area contributed by atoms with Crippen molar-refractivity contribution in [1.82, 2.24) is 0 Å². The van der Waals surface area contributed by atoms with E-state index in [1.807, 2.05) is 81.4 Å². The summed E-state index contributed by atoms with van der Waals surface area (Å²) < 4.78 is 0. The topological polar surface area (TPSA) is 40.9 Å². The third-order valence-electron chi connectivity index (χ3n) is 4.61. The van der Waals surface area contributed by atoms with E-state index in [-0.39, 0.29) is 11.3 Å². The van der Waals surface area contributed by atoms with Gasteiger partial charge >= 0.3 is 0 Å². The number of nitriles is 1. The van der Waals surface area contributed by atoms with Crippen molar-refractivity contribution in [1.29, 1.82) is 5.26 Å². The van der Waals surface area contributed by atoms with Gasteiger partial charge < -0.3 is 4.79 Å². The molecule has 0 aliphatic carbocycles. The largest absolute Gasteiger partial charge is 0.303 e. The van der Waals surface area contributed by atoms with Gasteiger partial charge in [-0.3, -0.25) is 0 Å². The minimum absolute atomic E-state index is 0.277. The third kappa shape index (κ3) is 4.11. The summed E-state index contributed by atoms with van der Waals surface area (Å²) in [5, 5.41) is 10.2. The Morgan fingerprint density at radius 1 is 0.917 bits per heavy atom. The minimum Gasteiger partial charge on any atom is -0.303 e. The third-order valence-corrected chi connectivity index (χ3v) is 4.61. The number of rotatable bonds is 6. The van der Waals surface area contributed by atoms with Gasteiger partial charge in [0.1, 0.15) is 6.29 Å². The Bertz CT molecular complexity index is 651. The highest BCUT2D eigenvalue weighted by Crippen LogP contribution is 2.43. The Morgan fingerprint density at radius 2 is 1.33 bits per heavy atom. The average molecular weight is 319 g/mol. The fourth-order valence-corrected chi connectivity index (χ4v) is 3.51. The Kier molecular flexibility index (Phi) is 5.57. The molecule has 0 saturated carbocycles. The van der Waals surface area contributed by atoms with E-state index in [1.165, 1.54) is 0 Å². The van der Waals surface area contributed by atoms with Gasteiger partial charge in [-0.1, -0.05) is 81.4 Å². The lowest BCUT2D eigenvalue weighted by molar-refractivity contribution is -0.117. The van der Waals surface area contributed by atoms with Crippen LogP contribution in [0, 0.1) is 28.1 Å². The van der Waals surface area contributed by atoms with Gasteiger partial charge in [-0.25, -0.2) is 0 Å². The van der Waals surface area contributed by atoms with Gasteiger partial charge in [0, 0.05) is 5.92 Å². The van der Waals surface area contributed by atoms with Crippen LogP contribution < -0.4 is 0 Å². The molecular weight excluding hydrogens is 294 g/mol. The van der Waals surface area contributed by atoms with Gasteiger partial charge in [0.2, 0.25) is 0 Å². The summed E-state index contributed by atoms with van der Waals surface area (Å²) in [6.45, 7) is 6.11. The van der Waals surface area contributed by atoms with Crippen LogP contribution in [0.2, 0.25) is 0 Å². The number of nitrogens with zero attached hydrogens (tertiary/aromatic N) is 1. The molecule has 2 aromatic carbocycles.